The quantitative estimate of drug-likeness (QED) is 0.689. The molecule has 0 saturated carbocycles. The van der Waals surface area contributed by atoms with E-state index in [1.807, 2.05) is 43.3 Å². The van der Waals surface area contributed by atoms with Crippen LogP contribution in [0.1, 0.15) is 13.3 Å². The van der Waals surface area contributed by atoms with Crippen LogP contribution < -0.4 is 10.1 Å². The number of nitrogens with zero attached hydrogens (tertiary/aromatic N) is 2. The lowest BCUT2D eigenvalue weighted by molar-refractivity contribution is -0.127. The van der Waals surface area contributed by atoms with Crippen molar-refractivity contribution in [3.63, 3.8) is 0 Å². The fourth-order valence-corrected chi connectivity index (χ4v) is 4.05. The van der Waals surface area contributed by atoms with Crippen molar-refractivity contribution in [3.8, 4) is 5.75 Å². The molecule has 146 valence electrons. The number of ether oxygens (including phenoxy) is 1. The van der Waals surface area contributed by atoms with E-state index in [1.165, 1.54) is 16.7 Å². The fraction of sp³-hybridized carbons (Fsp3) is 0.250. The molecule has 2 aromatic carbocycles. The Balaban J connectivity index is 1.64. The van der Waals surface area contributed by atoms with E-state index in [9.17, 15) is 9.59 Å². The second kappa shape index (κ2) is 9.25. The number of carbonyl (C=O) groups is 2. The van der Waals surface area contributed by atoms with Crippen molar-refractivity contribution < 1.29 is 14.3 Å². The zero-order valence-corrected chi connectivity index (χ0v) is 17.9. The van der Waals surface area contributed by atoms with Gasteiger partial charge in [-0.2, -0.15) is 0 Å². The van der Waals surface area contributed by atoms with Crippen LogP contribution in [0, 0.1) is 0 Å². The van der Waals surface area contributed by atoms with Crippen molar-refractivity contribution in [3.05, 3.63) is 53.0 Å². The monoisotopic (exact) mass is 461 g/mol. The number of carbonyl (C=O) groups excluding carboxylic acids is 2. The predicted octanol–water partition coefficient (Wildman–Crippen LogP) is 4.44. The summed E-state index contributed by atoms with van der Waals surface area (Å²) in [5.74, 6) is 0.340. The first-order valence-electron chi connectivity index (χ1n) is 8.77. The largest absolute Gasteiger partial charge is 0.494 e. The van der Waals surface area contributed by atoms with Crippen LogP contribution >= 0.6 is 27.7 Å². The summed E-state index contributed by atoms with van der Waals surface area (Å²) < 4.78 is 6.40. The Hall–Kier alpha value is -2.32. The third kappa shape index (κ3) is 5.14. The van der Waals surface area contributed by atoms with E-state index in [-0.39, 0.29) is 18.2 Å². The molecule has 1 aliphatic rings. The van der Waals surface area contributed by atoms with Gasteiger partial charge in [0.15, 0.2) is 5.17 Å². The minimum atomic E-state index is -0.491. The van der Waals surface area contributed by atoms with Crippen LogP contribution in [0.3, 0.4) is 0 Å². The Morgan fingerprint density at radius 3 is 2.75 bits per heavy atom. The highest BCUT2D eigenvalue weighted by molar-refractivity contribution is 9.10. The third-order valence-electron chi connectivity index (χ3n) is 3.99. The normalized spacial score (nSPS) is 17.8. The van der Waals surface area contributed by atoms with Crippen molar-refractivity contribution in [1.29, 1.82) is 0 Å². The van der Waals surface area contributed by atoms with E-state index in [0.29, 0.717) is 23.2 Å². The number of aliphatic imine (C=N–C) groups is 1. The molecule has 1 aliphatic heterocycles. The SMILES string of the molecule is CCOc1cccc(NC(=O)C[C@@H]2SC(=Nc3ccc(Br)cc3)N(C)C2=O)c1. The van der Waals surface area contributed by atoms with Crippen LogP contribution in [-0.2, 0) is 9.59 Å². The third-order valence-corrected chi connectivity index (χ3v) is 5.75. The number of nitrogens with one attached hydrogen (secondary N) is 1. The fourth-order valence-electron chi connectivity index (χ4n) is 2.63. The number of thioether (sulfide) groups is 1. The Morgan fingerprint density at radius 2 is 2.04 bits per heavy atom. The molecule has 0 spiro atoms. The zero-order valence-electron chi connectivity index (χ0n) is 15.5. The number of hydrogen-bond donors (Lipinski definition) is 1. The minimum Gasteiger partial charge on any atom is -0.494 e. The summed E-state index contributed by atoms with van der Waals surface area (Å²) in [7, 11) is 1.68. The molecule has 2 aromatic rings. The number of benzene rings is 2. The van der Waals surface area contributed by atoms with Gasteiger partial charge in [0.1, 0.15) is 11.0 Å². The van der Waals surface area contributed by atoms with Gasteiger partial charge in [-0.1, -0.05) is 33.8 Å². The molecule has 8 heteroatoms. The lowest BCUT2D eigenvalue weighted by atomic mass is 10.2. The van der Waals surface area contributed by atoms with Gasteiger partial charge >= 0.3 is 0 Å². The maximum atomic E-state index is 12.5. The topological polar surface area (TPSA) is 71.0 Å². The van der Waals surface area contributed by atoms with Gasteiger partial charge in [-0.3, -0.25) is 14.5 Å². The molecular formula is C20H20BrN3O3S. The van der Waals surface area contributed by atoms with Crippen LogP contribution in [0.2, 0.25) is 0 Å². The predicted molar refractivity (Wildman–Crippen MR) is 116 cm³/mol. The zero-order chi connectivity index (χ0) is 20.1. The number of hydrogen-bond acceptors (Lipinski definition) is 5. The van der Waals surface area contributed by atoms with Crippen molar-refractivity contribution in [2.75, 3.05) is 19.0 Å². The van der Waals surface area contributed by atoms with Gasteiger partial charge in [0.05, 0.1) is 12.3 Å². The number of rotatable bonds is 6. The van der Waals surface area contributed by atoms with Crippen molar-refractivity contribution in [2.24, 2.45) is 4.99 Å². The maximum Gasteiger partial charge on any atom is 0.242 e. The highest BCUT2D eigenvalue weighted by Crippen LogP contribution is 2.31. The minimum absolute atomic E-state index is 0.0755. The molecule has 2 amide bonds. The Bertz CT molecular complexity index is 902. The van der Waals surface area contributed by atoms with Gasteiger partial charge in [0, 0.05) is 29.7 Å². The first kappa shape index (κ1) is 20.4. The molecule has 28 heavy (non-hydrogen) atoms. The second-order valence-corrected chi connectivity index (χ2v) is 8.17. The Labute approximate surface area is 176 Å². The summed E-state index contributed by atoms with van der Waals surface area (Å²) in [6.45, 7) is 2.45. The Kier molecular flexibility index (Phi) is 6.74. The molecule has 1 fully saturated rings. The van der Waals surface area contributed by atoms with Crippen LogP contribution in [0.25, 0.3) is 0 Å². The average Bonchev–Trinajstić information content (AvgIpc) is 2.92. The molecule has 1 heterocycles. The van der Waals surface area contributed by atoms with E-state index in [2.05, 4.69) is 26.2 Å². The summed E-state index contributed by atoms with van der Waals surface area (Å²) in [6, 6.07) is 14.7. The van der Waals surface area contributed by atoms with Gasteiger partial charge in [-0.25, -0.2) is 4.99 Å². The lowest BCUT2D eigenvalue weighted by Crippen LogP contribution is -2.30. The summed E-state index contributed by atoms with van der Waals surface area (Å²) in [5, 5.41) is 2.92. The van der Waals surface area contributed by atoms with E-state index in [4.69, 9.17) is 4.74 Å². The van der Waals surface area contributed by atoms with E-state index >= 15 is 0 Å². The van der Waals surface area contributed by atoms with E-state index in [0.717, 1.165) is 10.2 Å². The Morgan fingerprint density at radius 1 is 1.29 bits per heavy atom. The first-order valence-corrected chi connectivity index (χ1v) is 10.4. The number of amidine groups is 1. The van der Waals surface area contributed by atoms with E-state index in [1.54, 1.807) is 19.2 Å². The van der Waals surface area contributed by atoms with Crippen LogP contribution in [-0.4, -0.2) is 40.8 Å². The van der Waals surface area contributed by atoms with Crippen molar-refractivity contribution in [1.82, 2.24) is 4.90 Å². The van der Waals surface area contributed by atoms with Crippen molar-refractivity contribution in [2.45, 2.75) is 18.6 Å². The van der Waals surface area contributed by atoms with Gasteiger partial charge in [0.2, 0.25) is 11.8 Å². The molecule has 0 radical (unpaired) electrons. The molecule has 1 atom stereocenters. The molecule has 0 unspecified atom stereocenters. The number of anilines is 1. The maximum absolute atomic E-state index is 12.5. The summed E-state index contributed by atoms with van der Waals surface area (Å²) >= 11 is 4.69. The molecular weight excluding hydrogens is 442 g/mol. The molecule has 6 nitrogen and oxygen atoms in total. The van der Waals surface area contributed by atoms with Gasteiger partial charge in [-0.15, -0.1) is 0 Å². The standard InChI is InChI=1S/C20H20BrN3O3S/c1-3-27-16-6-4-5-15(11-16)22-18(25)12-17-19(26)24(2)20(28-17)23-14-9-7-13(21)8-10-14/h4-11,17H,3,12H2,1-2H3,(H,22,25)/t17-/m0/s1. The molecule has 3 rings (SSSR count). The molecule has 1 N–H and O–H groups in total. The number of halogens is 1. The first-order chi connectivity index (χ1) is 13.5. The number of amides is 2. The van der Waals surface area contributed by atoms with Gasteiger partial charge in [0.25, 0.3) is 0 Å². The summed E-state index contributed by atoms with van der Waals surface area (Å²) in [5.41, 5.74) is 1.40. The highest BCUT2D eigenvalue weighted by atomic mass is 79.9. The van der Waals surface area contributed by atoms with Crippen LogP contribution in [0.4, 0.5) is 11.4 Å². The van der Waals surface area contributed by atoms with Crippen LogP contribution in [0.15, 0.2) is 58.0 Å². The van der Waals surface area contributed by atoms with Crippen molar-refractivity contribution >= 4 is 56.0 Å². The summed E-state index contributed by atoms with van der Waals surface area (Å²) in [6.07, 6.45) is 0.0755. The smallest absolute Gasteiger partial charge is 0.242 e. The molecule has 1 saturated heterocycles. The molecule has 0 aromatic heterocycles. The lowest BCUT2D eigenvalue weighted by Gasteiger charge is -2.10. The average molecular weight is 462 g/mol. The molecule has 0 bridgehead atoms. The summed E-state index contributed by atoms with van der Waals surface area (Å²) in [4.78, 5) is 30.9. The van der Waals surface area contributed by atoms with Crippen LogP contribution in [0.5, 0.6) is 5.75 Å². The van der Waals surface area contributed by atoms with E-state index < -0.39 is 5.25 Å². The van der Waals surface area contributed by atoms with Gasteiger partial charge in [-0.05, 0) is 43.3 Å². The second-order valence-electron chi connectivity index (χ2n) is 6.09. The molecule has 0 aliphatic carbocycles. The van der Waals surface area contributed by atoms with Gasteiger partial charge < -0.3 is 10.1 Å². The highest BCUT2D eigenvalue weighted by Gasteiger charge is 2.37.